The molecule has 0 spiro atoms. The minimum Gasteiger partial charge on any atom is -0.458 e. The first-order valence-corrected chi connectivity index (χ1v) is 6.94. The van der Waals surface area contributed by atoms with E-state index in [1.54, 1.807) is 6.92 Å². The molecule has 1 rings (SSSR count). The van der Waals surface area contributed by atoms with Gasteiger partial charge in [-0.3, -0.25) is 9.69 Å². The van der Waals surface area contributed by atoms with E-state index in [4.69, 9.17) is 4.74 Å². The van der Waals surface area contributed by atoms with Crippen LogP contribution in [0.2, 0.25) is 0 Å². The second-order valence-corrected chi connectivity index (χ2v) is 6.26. The molecule has 0 aromatic carbocycles. The highest BCUT2D eigenvalue weighted by Crippen LogP contribution is 2.15. The molecule has 1 heterocycles. The molecule has 0 aliphatic carbocycles. The van der Waals surface area contributed by atoms with Crippen molar-refractivity contribution in [3.63, 3.8) is 0 Å². The largest absolute Gasteiger partial charge is 0.458 e. The van der Waals surface area contributed by atoms with E-state index in [1.807, 2.05) is 32.7 Å². The monoisotopic (exact) mass is 270 g/mol. The summed E-state index contributed by atoms with van der Waals surface area (Å²) < 4.78 is 5.25. The lowest BCUT2D eigenvalue weighted by atomic mass is 10.0. The molecule has 1 aliphatic rings. The maximum atomic E-state index is 12.1. The van der Waals surface area contributed by atoms with Gasteiger partial charge in [-0.05, 0) is 54.1 Å². The summed E-state index contributed by atoms with van der Waals surface area (Å²) in [5, 5.41) is 2.75. The highest BCUT2D eigenvalue weighted by Gasteiger charge is 2.29. The number of likely N-dealkylation sites (tertiary alicyclic amines) is 1. The van der Waals surface area contributed by atoms with E-state index in [0.29, 0.717) is 0 Å². The maximum absolute atomic E-state index is 12.1. The molecule has 0 aromatic heterocycles. The lowest BCUT2D eigenvalue weighted by Crippen LogP contribution is -2.52. The minimum atomic E-state index is -0.609. The molecule has 1 unspecified atom stereocenters. The van der Waals surface area contributed by atoms with Crippen molar-refractivity contribution in [1.82, 2.24) is 10.2 Å². The van der Waals surface area contributed by atoms with E-state index in [-0.39, 0.29) is 17.9 Å². The summed E-state index contributed by atoms with van der Waals surface area (Å²) in [6.45, 7) is 8.03. The summed E-state index contributed by atoms with van der Waals surface area (Å²) in [5.41, 5.74) is -0.530. The predicted molar refractivity (Wildman–Crippen MR) is 73.7 cm³/mol. The Labute approximate surface area is 115 Å². The van der Waals surface area contributed by atoms with Gasteiger partial charge in [-0.2, -0.15) is 0 Å². The molecule has 0 saturated carbocycles. The van der Waals surface area contributed by atoms with Gasteiger partial charge < -0.3 is 10.1 Å². The Morgan fingerprint density at radius 3 is 2.47 bits per heavy atom. The molecule has 1 saturated heterocycles. The molecule has 1 aliphatic heterocycles. The topological polar surface area (TPSA) is 58.6 Å². The second-order valence-electron chi connectivity index (χ2n) is 6.26. The van der Waals surface area contributed by atoms with E-state index in [2.05, 4.69) is 5.32 Å². The van der Waals surface area contributed by atoms with E-state index in [9.17, 15) is 9.59 Å². The molecule has 0 aromatic rings. The predicted octanol–water partition coefficient (Wildman–Crippen LogP) is 1.32. The van der Waals surface area contributed by atoms with E-state index >= 15 is 0 Å². The Morgan fingerprint density at radius 2 is 1.95 bits per heavy atom. The molecule has 1 amide bonds. The van der Waals surface area contributed by atoms with Gasteiger partial charge in [-0.15, -0.1) is 0 Å². The van der Waals surface area contributed by atoms with Crippen LogP contribution in [0.25, 0.3) is 0 Å². The number of carbonyl (C=O) groups excluding carboxylic acids is 2. The van der Waals surface area contributed by atoms with Crippen molar-refractivity contribution in [2.45, 2.75) is 64.6 Å². The Kier molecular flexibility index (Phi) is 5.35. The zero-order valence-electron chi connectivity index (χ0n) is 12.7. The summed E-state index contributed by atoms with van der Waals surface area (Å²) in [6, 6.07) is -0.735. The summed E-state index contributed by atoms with van der Waals surface area (Å²) in [7, 11) is 1.95. The van der Waals surface area contributed by atoms with Gasteiger partial charge in [-0.1, -0.05) is 6.42 Å². The van der Waals surface area contributed by atoms with Gasteiger partial charge in [0.1, 0.15) is 11.6 Å². The molecule has 1 N–H and O–H groups in total. The summed E-state index contributed by atoms with van der Waals surface area (Å²) in [6.07, 6.45) is 3.04. The number of piperidine rings is 1. The van der Waals surface area contributed by atoms with Crippen molar-refractivity contribution in [2.24, 2.45) is 0 Å². The normalized spacial score (nSPS) is 22.7. The van der Waals surface area contributed by atoms with Crippen molar-refractivity contribution < 1.29 is 14.3 Å². The highest BCUT2D eigenvalue weighted by molar-refractivity contribution is 5.87. The fourth-order valence-electron chi connectivity index (χ4n) is 2.17. The average Bonchev–Trinajstić information content (AvgIpc) is 2.27. The molecule has 2 atom stereocenters. The molecular formula is C14H26N2O3. The average molecular weight is 270 g/mol. The van der Waals surface area contributed by atoms with Crippen molar-refractivity contribution in [2.75, 3.05) is 13.6 Å². The van der Waals surface area contributed by atoms with Crippen LogP contribution in [0.15, 0.2) is 0 Å². The first-order valence-electron chi connectivity index (χ1n) is 6.94. The van der Waals surface area contributed by atoms with Crippen molar-refractivity contribution in [3.05, 3.63) is 0 Å². The third-order valence-electron chi connectivity index (χ3n) is 3.19. The number of esters is 1. The Bertz CT molecular complexity index is 336. The third kappa shape index (κ3) is 5.19. The van der Waals surface area contributed by atoms with Crippen LogP contribution < -0.4 is 5.32 Å². The van der Waals surface area contributed by atoms with Crippen LogP contribution in [-0.4, -0.2) is 48.1 Å². The molecular weight excluding hydrogens is 244 g/mol. The fraction of sp³-hybridized carbons (Fsp3) is 0.857. The van der Waals surface area contributed by atoms with Gasteiger partial charge in [0, 0.05) is 0 Å². The Morgan fingerprint density at radius 1 is 1.32 bits per heavy atom. The first-order chi connectivity index (χ1) is 8.70. The van der Waals surface area contributed by atoms with Crippen molar-refractivity contribution in [3.8, 4) is 0 Å². The van der Waals surface area contributed by atoms with Crippen LogP contribution in [0.5, 0.6) is 0 Å². The molecule has 0 radical (unpaired) electrons. The lowest BCUT2D eigenvalue weighted by molar-refractivity contribution is -0.158. The third-order valence-corrected chi connectivity index (χ3v) is 3.19. The molecule has 1 fully saturated rings. The molecule has 5 nitrogen and oxygen atoms in total. The highest BCUT2D eigenvalue weighted by atomic mass is 16.6. The summed E-state index contributed by atoms with van der Waals surface area (Å²) >= 11 is 0. The van der Waals surface area contributed by atoms with Crippen LogP contribution in [0.1, 0.15) is 47.0 Å². The minimum absolute atomic E-state index is 0.0828. The summed E-state index contributed by atoms with van der Waals surface area (Å²) in [5.74, 6) is -0.472. The number of carbonyl (C=O) groups is 2. The number of likely N-dealkylation sites (N-methyl/N-ethyl adjacent to an activating group) is 1. The number of hydrogen-bond acceptors (Lipinski definition) is 4. The number of nitrogens with zero attached hydrogens (tertiary/aromatic N) is 1. The van der Waals surface area contributed by atoms with Crippen LogP contribution in [0.3, 0.4) is 0 Å². The van der Waals surface area contributed by atoms with Crippen molar-refractivity contribution in [1.29, 1.82) is 0 Å². The van der Waals surface area contributed by atoms with Crippen LogP contribution in [0, 0.1) is 0 Å². The molecule has 5 heteroatoms. The maximum Gasteiger partial charge on any atom is 0.328 e. The number of rotatable bonds is 3. The quantitative estimate of drug-likeness (QED) is 0.786. The zero-order valence-corrected chi connectivity index (χ0v) is 12.7. The van der Waals surface area contributed by atoms with Gasteiger partial charge in [0.25, 0.3) is 0 Å². The zero-order chi connectivity index (χ0) is 14.6. The van der Waals surface area contributed by atoms with E-state index < -0.39 is 11.6 Å². The molecule has 110 valence electrons. The number of hydrogen-bond donors (Lipinski definition) is 1. The number of ether oxygens (including phenoxy) is 1. The van der Waals surface area contributed by atoms with Gasteiger partial charge in [-0.25, -0.2) is 4.79 Å². The van der Waals surface area contributed by atoms with E-state index in [0.717, 1.165) is 25.8 Å². The fourth-order valence-corrected chi connectivity index (χ4v) is 2.17. The number of amides is 1. The molecule has 19 heavy (non-hydrogen) atoms. The van der Waals surface area contributed by atoms with E-state index in [1.165, 1.54) is 0 Å². The number of nitrogens with one attached hydrogen (secondary N) is 1. The second kappa shape index (κ2) is 6.37. The standard InChI is InChI=1S/C14H26N2O3/c1-10(13(18)19-14(2,3)4)15-12(17)11-8-6-7-9-16(11)5/h10-11H,6-9H2,1-5H3,(H,15,17)/t10-,11?/m0/s1. The van der Waals surface area contributed by atoms with Crippen LogP contribution in [0.4, 0.5) is 0 Å². The van der Waals surface area contributed by atoms with Gasteiger partial charge in [0.15, 0.2) is 0 Å². The van der Waals surface area contributed by atoms with Gasteiger partial charge >= 0.3 is 5.97 Å². The first kappa shape index (κ1) is 16.0. The Hall–Kier alpha value is -1.10. The Balaban J connectivity index is 2.49. The molecule has 0 bridgehead atoms. The van der Waals surface area contributed by atoms with Crippen LogP contribution in [-0.2, 0) is 14.3 Å². The SMILES string of the molecule is C[C@H](NC(=O)C1CCCCN1C)C(=O)OC(C)(C)C. The summed E-state index contributed by atoms with van der Waals surface area (Å²) in [4.78, 5) is 26.0. The lowest BCUT2D eigenvalue weighted by Gasteiger charge is -2.32. The van der Waals surface area contributed by atoms with Gasteiger partial charge in [0.05, 0.1) is 6.04 Å². The van der Waals surface area contributed by atoms with Crippen LogP contribution >= 0.6 is 0 Å². The van der Waals surface area contributed by atoms with Gasteiger partial charge in [0.2, 0.25) is 5.91 Å². The smallest absolute Gasteiger partial charge is 0.328 e. The van der Waals surface area contributed by atoms with Crippen molar-refractivity contribution >= 4 is 11.9 Å².